The standard InChI is InChI=1S/C15H19BrO/c1-15(7-6-12(16)9-15)8-11-10-17-14-5-3-2-4-13(11)14/h2-5,11-12H,6-10H2,1H3. The largest absolute Gasteiger partial charge is 0.493 e. The number of benzene rings is 1. The molecule has 2 heteroatoms. The highest BCUT2D eigenvalue weighted by atomic mass is 79.9. The molecular weight excluding hydrogens is 276 g/mol. The molecule has 92 valence electrons. The highest BCUT2D eigenvalue weighted by Crippen LogP contribution is 2.49. The minimum atomic E-state index is 0.500. The molecule has 0 radical (unpaired) electrons. The average molecular weight is 295 g/mol. The van der Waals surface area contributed by atoms with Gasteiger partial charge in [-0.15, -0.1) is 0 Å². The molecule has 1 nitrogen and oxygen atoms in total. The monoisotopic (exact) mass is 294 g/mol. The Kier molecular flexibility index (Phi) is 2.94. The van der Waals surface area contributed by atoms with Crippen molar-refractivity contribution in [3.8, 4) is 5.75 Å². The zero-order valence-electron chi connectivity index (χ0n) is 10.3. The first-order chi connectivity index (χ1) is 8.16. The molecule has 1 saturated carbocycles. The molecule has 1 aliphatic carbocycles. The van der Waals surface area contributed by atoms with E-state index < -0.39 is 0 Å². The summed E-state index contributed by atoms with van der Waals surface area (Å²) < 4.78 is 5.78. The third kappa shape index (κ3) is 2.24. The van der Waals surface area contributed by atoms with E-state index in [1.54, 1.807) is 0 Å². The van der Waals surface area contributed by atoms with Crippen LogP contribution >= 0.6 is 15.9 Å². The second kappa shape index (κ2) is 4.31. The summed E-state index contributed by atoms with van der Waals surface area (Å²) in [4.78, 5) is 0.727. The van der Waals surface area contributed by atoms with Crippen LogP contribution in [-0.4, -0.2) is 11.4 Å². The number of rotatable bonds is 2. The molecule has 1 fully saturated rings. The molecule has 0 bridgehead atoms. The van der Waals surface area contributed by atoms with Crippen LogP contribution in [0.2, 0.25) is 0 Å². The van der Waals surface area contributed by atoms with Crippen LogP contribution < -0.4 is 4.74 Å². The fraction of sp³-hybridized carbons (Fsp3) is 0.600. The van der Waals surface area contributed by atoms with Crippen LogP contribution in [0.5, 0.6) is 5.75 Å². The van der Waals surface area contributed by atoms with Gasteiger partial charge < -0.3 is 4.74 Å². The lowest BCUT2D eigenvalue weighted by Crippen LogP contribution is -2.17. The van der Waals surface area contributed by atoms with Crippen molar-refractivity contribution in [2.75, 3.05) is 6.61 Å². The van der Waals surface area contributed by atoms with Crippen molar-refractivity contribution < 1.29 is 4.74 Å². The third-order valence-electron chi connectivity index (χ3n) is 4.31. The highest BCUT2D eigenvalue weighted by Gasteiger charge is 2.38. The Hall–Kier alpha value is -0.500. The fourth-order valence-corrected chi connectivity index (χ4v) is 4.43. The molecule has 1 heterocycles. The minimum Gasteiger partial charge on any atom is -0.493 e. The topological polar surface area (TPSA) is 9.23 Å². The Labute approximate surface area is 112 Å². The van der Waals surface area contributed by atoms with Crippen LogP contribution in [-0.2, 0) is 0 Å². The van der Waals surface area contributed by atoms with E-state index in [2.05, 4.69) is 47.1 Å². The quantitative estimate of drug-likeness (QED) is 0.730. The zero-order chi connectivity index (χ0) is 11.9. The molecule has 0 N–H and O–H groups in total. The predicted octanol–water partition coefficient (Wildman–Crippen LogP) is 4.51. The van der Waals surface area contributed by atoms with E-state index in [9.17, 15) is 0 Å². The first-order valence-electron chi connectivity index (χ1n) is 6.52. The molecule has 0 aromatic heterocycles. The number of ether oxygens (including phenoxy) is 1. The van der Waals surface area contributed by atoms with E-state index in [0.717, 1.165) is 17.2 Å². The van der Waals surface area contributed by atoms with E-state index in [4.69, 9.17) is 4.74 Å². The third-order valence-corrected chi connectivity index (χ3v) is 5.10. The van der Waals surface area contributed by atoms with Gasteiger partial charge in [0.2, 0.25) is 0 Å². The normalized spacial score (nSPS) is 35.6. The Morgan fingerprint density at radius 1 is 1.41 bits per heavy atom. The molecule has 0 spiro atoms. The molecule has 3 rings (SSSR count). The van der Waals surface area contributed by atoms with Crippen molar-refractivity contribution in [2.45, 2.75) is 43.4 Å². The Bertz CT molecular complexity index is 417. The fourth-order valence-electron chi connectivity index (χ4n) is 3.42. The molecule has 2 aliphatic rings. The lowest BCUT2D eigenvalue weighted by atomic mass is 9.78. The van der Waals surface area contributed by atoms with E-state index in [-0.39, 0.29) is 0 Å². The van der Waals surface area contributed by atoms with Gasteiger partial charge in [-0.1, -0.05) is 41.1 Å². The summed E-state index contributed by atoms with van der Waals surface area (Å²) >= 11 is 3.76. The maximum atomic E-state index is 5.78. The van der Waals surface area contributed by atoms with E-state index in [1.807, 2.05) is 0 Å². The molecule has 1 aromatic rings. The zero-order valence-corrected chi connectivity index (χ0v) is 11.9. The number of para-hydroxylation sites is 1. The number of alkyl halides is 1. The van der Waals surface area contributed by atoms with Gasteiger partial charge in [0.05, 0.1) is 6.61 Å². The van der Waals surface area contributed by atoms with Gasteiger partial charge in [-0.05, 0) is 37.2 Å². The molecule has 1 aromatic carbocycles. The molecule has 0 amide bonds. The van der Waals surface area contributed by atoms with E-state index >= 15 is 0 Å². The summed E-state index contributed by atoms with van der Waals surface area (Å²) in [5, 5.41) is 0. The summed E-state index contributed by atoms with van der Waals surface area (Å²) in [6.07, 6.45) is 5.26. The summed E-state index contributed by atoms with van der Waals surface area (Å²) in [5.41, 5.74) is 1.92. The van der Waals surface area contributed by atoms with Gasteiger partial charge >= 0.3 is 0 Å². The molecule has 3 unspecified atom stereocenters. The second-order valence-electron chi connectivity index (χ2n) is 5.90. The van der Waals surface area contributed by atoms with Crippen LogP contribution in [0.3, 0.4) is 0 Å². The Balaban J connectivity index is 1.75. The van der Waals surface area contributed by atoms with Crippen molar-refractivity contribution in [3.63, 3.8) is 0 Å². The van der Waals surface area contributed by atoms with Crippen LogP contribution in [0, 0.1) is 5.41 Å². The molecular formula is C15H19BrO. The van der Waals surface area contributed by atoms with Gasteiger partial charge in [-0.2, -0.15) is 0 Å². The molecule has 0 saturated heterocycles. The van der Waals surface area contributed by atoms with Gasteiger partial charge in [0.25, 0.3) is 0 Å². The number of fused-ring (bicyclic) bond motifs is 1. The van der Waals surface area contributed by atoms with Crippen molar-refractivity contribution in [1.29, 1.82) is 0 Å². The van der Waals surface area contributed by atoms with Crippen molar-refractivity contribution in [2.24, 2.45) is 5.41 Å². The Morgan fingerprint density at radius 2 is 2.24 bits per heavy atom. The van der Waals surface area contributed by atoms with Crippen molar-refractivity contribution in [3.05, 3.63) is 29.8 Å². The molecule has 3 atom stereocenters. The minimum absolute atomic E-state index is 0.500. The van der Waals surface area contributed by atoms with Crippen molar-refractivity contribution >= 4 is 15.9 Å². The van der Waals surface area contributed by atoms with Crippen LogP contribution in [0.1, 0.15) is 44.1 Å². The summed E-state index contributed by atoms with van der Waals surface area (Å²) in [5.74, 6) is 1.71. The summed E-state index contributed by atoms with van der Waals surface area (Å²) in [6, 6.07) is 8.52. The van der Waals surface area contributed by atoms with E-state index in [0.29, 0.717) is 11.3 Å². The van der Waals surface area contributed by atoms with Gasteiger partial charge in [0.15, 0.2) is 0 Å². The number of halogens is 1. The van der Waals surface area contributed by atoms with Gasteiger partial charge in [0, 0.05) is 16.3 Å². The van der Waals surface area contributed by atoms with Crippen molar-refractivity contribution in [1.82, 2.24) is 0 Å². The number of hydrogen-bond acceptors (Lipinski definition) is 1. The summed E-state index contributed by atoms with van der Waals surface area (Å²) in [6.45, 7) is 3.32. The molecule has 1 aliphatic heterocycles. The van der Waals surface area contributed by atoms with Crippen LogP contribution in [0.4, 0.5) is 0 Å². The van der Waals surface area contributed by atoms with Crippen LogP contribution in [0.25, 0.3) is 0 Å². The van der Waals surface area contributed by atoms with Gasteiger partial charge in [-0.3, -0.25) is 0 Å². The summed E-state index contributed by atoms with van der Waals surface area (Å²) in [7, 11) is 0. The maximum absolute atomic E-state index is 5.78. The Morgan fingerprint density at radius 3 is 3.00 bits per heavy atom. The predicted molar refractivity (Wildman–Crippen MR) is 74.0 cm³/mol. The first-order valence-corrected chi connectivity index (χ1v) is 7.44. The smallest absolute Gasteiger partial charge is 0.122 e. The molecule has 17 heavy (non-hydrogen) atoms. The maximum Gasteiger partial charge on any atom is 0.122 e. The second-order valence-corrected chi connectivity index (χ2v) is 7.20. The van der Waals surface area contributed by atoms with E-state index in [1.165, 1.54) is 31.2 Å². The average Bonchev–Trinajstić information content (AvgIpc) is 2.85. The SMILES string of the molecule is CC1(CC2COc3ccccc32)CCC(Br)C1. The highest BCUT2D eigenvalue weighted by molar-refractivity contribution is 9.09. The number of hydrogen-bond donors (Lipinski definition) is 0. The van der Waals surface area contributed by atoms with Gasteiger partial charge in [0.1, 0.15) is 5.75 Å². The van der Waals surface area contributed by atoms with Crippen LogP contribution in [0.15, 0.2) is 24.3 Å². The lowest BCUT2D eigenvalue weighted by Gasteiger charge is -2.26. The van der Waals surface area contributed by atoms with Gasteiger partial charge in [-0.25, -0.2) is 0 Å². The lowest BCUT2D eigenvalue weighted by molar-refractivity contribution is 0.246. The first kappa shape index (κ1) is 11.6.